The molecule has 2 amide bonds. The van der Waals surface area contributed by atoms with Crippen molar-refractivity contribution >= 4 is 22.8 Å². The summed E-state index contributed by atoms with van der Waals surface area (Å²) in [5.74, 6) is 1.80. The lowest BCUT2D eigenvalue weighted by Gasteiger charge is -2.35. The number of aryl methyl sites for hydroxylation is 1. The molecule has 0 saturated carbocycles. The van der Waals surface area contributed by atoms with Gasteiger partial charge in [-0.05, 0) is 42.0 Å². The first kappa shape index (κ1) is 23.6. The number of imidazole rings is 1. The zero-order valence-electron chi connectivity index (χ0n) is 20.5. The van der Waals surface area contributed by atoms with Gasteiger partial charge >= 0.3 is 0 Å². The van der Waals surface area contributed by atoms with Gasteiger partial charge in [0.15, 0.2) is 0 Å². The van der Waals surface area contributed by atoms with Crippen LogP contribution in [0.2, 0.25) is 0 Å². The van der Waals surface area contributed by atoms with E-state index in [-0.39, 0.29) is 11.8 Å². The third-order valence-corrected chi connectivity index (χ3v) is 6.68. The summed E-state index contributed by atoms with van der Waals surface area (Å²) in [5.41, 5.74) is 3.93. The summed E-state index contributed by atoms with van der Waals surface area (Å²) < 4.78 is 7.39. The molecule has 1 aromatic heterocycles. The maximum atomic E-state index is 13.0. The molecule has 0 spiro atoms. The van der Waals surface area contributed by atoms with Gasteiger partial charge in [0.1, 0.15) is 11.6 Å². The van der Waals surface area contributed by atoms with Gasteiger partial charge in [0.25, 0.3) is 0 Å². The highest BCUT2D eigenvalue weighted by Crippen LogP contribution is 2.22. The Kier molecular flexibility index (Phi) is 6.98. The third-order valence-electron chi connectivity index (χ3n) is 6.68. The Morgan fingerprint density at radius 1 is 0.833 bits per heavy atom. The Hall–Kier alpha value is -4.13. The minimum atomic E-state index is 0.0759. The number of methoxy groups -OCH3 is 1. The van der Waals surface area contributed by atoms with Crippen molar-refractivity contribution in [1.82, 2.24) is 19.4 Å². The molecule has 1 aliphatic rings. The smallest absolute Gasteiger partial charge is 0.227 e. The molecule has 0 N–H and O–H groups in total. The molecule has 0 unspecified atom stereocenters. The van der Waals surface area contributed by atoms with E-state index in [4.69, 9.17) is 9.72 Å². The molecule has 0 atom stereocenters. The monoisotopic (exact) mass is 482 g/mol. The lowest BCUT2D eigenvalue weighted by Crippen LogP contribution is -2.51. The summed E-state index contributed by atoms with van der Waals surface area (Å²) in [6.45, 7) is 2.21. The van der Waals surface area contributed by atoms with Crippen LogP contribution in [-0.4, -0.2) is 64.5 Å². The van der Waals surface area contributed by atoms with Crippen molar-refractivity contribution in [2.45, 2.75) is 19.3 Å². The molecule has 0 radical (unpaired) electrons. The lowest BCUT2D eigenvalue weighted by molar-refractivity contribution is -0.139. The SMILES string of the molecule is COc1cccc(CC(=O)N2CCN(C(=O)CCc3nc4ccccc4n3-c3ccccc3)CC2)c1. The van der Waals surface area contributed by atoms with Gasteiger partial charge in [-0.25, -0.2) is 4.98 Å². The normalized spacial score (nSPS) is 13.7. The van der Waals surface area contributed by atoms with Gasteiger partial charge in [-0.3, -0.25) is 14.2 Å². The van der Waals surface area contributed by atoms with Crippen LogP contribution in [0.4, 0.5) is 0 Å². The summed E-state index contributed by atoms with van der Waals surface area (Å²) in [7, 11) is 1.62. The largest absolute Gasteiger partial charge is 0.497 e. The fourth-order valence-electron chi connectivity index (χ4n) is 4.76. The van der Waals surface area contributed by atoms with Crippen LogP contribution >= 0.6 is 0 Å². The number of aromatic nitrogens is 2. The predicted octanol–water partition coefficient (Wildman–Crippen LogP) is 3.88. The number of carbonyl (C=O) groups is 2. The van der Waals surface area contributed by atoms with Gasteiger partial charge in [0.05, 0.1) is 24.6 Å². The maximum Gasteiger partial charge on any atom is 0.227 e. The first-order valence-electron chi connectivity index (χ1n) is 12.3. The van der Waals surface area contributed by atoms with Crippen LogP contribution in [0.15, 0.2) is 78.9 Å². The zero-order chi connectivity index (χ0) is 24.9. The molecule has 1 fully saturated rings. The molecule has 7 nitrogen and oxygen atoms in total. The summed E-state index contributed by atoms with van der Waals surface area (Å²) in [5, 5.41) is 0. The van der Waals surface area contributed by atoms with Gasteiger partial charge in [0, 0.05) is 44.7 Å². The second-order valence-corrected chi connectivity index (χ2v) is 8.98. The lowest BCUT2D eigenvalue weighted by atomic mass is 10.1. The molecular formula is C29H30N4O3. The number of amides is 2. The molecule has 0 bridgehead atoms. The standard InChI is InChI=1S/C29H30N4O3/c1-36-24-11-7-8-22(20-24)21-29(35)32-18-16-31(17-19-32)28(34)15-14-27-30-25-12-5-6-13-26(25)33(27)23-9-3-2-4-10-23/h2-13,20H,14-19,21H2,1H3. The predicted molar refractivity (Wildman–Crippen MR) is 139 cm³/mol. The number of nitrogens with zero attached hydrogens (tertiary/aromatic N) is 4. The number of benzene rings is 3. The average molecular weight is 483 g/mol. The molecule has 36 heavy (non-hydrogen) atoms. The Balaban J connectivity index is 1.19. The van der Waals surface area contributed by atoms with Crippen LogP contribution in [0.3, 0.4) is 0 Å². The second-order valence-electron chi connectivity index (χ2n) is 8.98. The van der Waals surface area contributed by atoms with E-state index in [2.05, 4.69) is 22.8 Å². The van der Waals surface area contributed by atoms with E-state index >= 15 is 0 Å². The molecule has 1 aliphatic heterocycles. The number of carbonyl (C=O) groups excluding carboxylic acids is 2. The zero-order valence-corrected chi connectivity index (χ0v) is 20.5. The van der Waals surface area contributed by atoms with Crippen molar-refractivity contribution in [2.75, 3.05) is 33.3 Å². The summed E-state index contributed by atoms with van der Waals surface area (Å²) in [4.78, 5) is 34.4. The minimum absolute atomic E-state index is 0.0759. The van der Waals surface area contributed by atoms with Crippen LogP contribution in [0, 0.1) is 0 Å². The fourth-order valence-corrected chi connectivity index (χ4v) is 4.76. The Morgan fingerprint density at radius 3 is 2.28 bits per heavy atom. The fraction of sp³-hybridized carbons (Fsp3) is 0.276. The number of ether oxygens (including phenoxy) is 1. The van der Waals surface area contributed by atoms with Crippen molar-refractivity contribution in [3.63, 3.8) is 0 Å². The van der Waals surface area contributed by atoms with E-state index < -0.39 is 0 Å². The Bertz CT molecular complexity index is 1360. The number of piperazine rings is 1. The number of fused-ring (bicyclic) bond motifs is 1. The molecule has 3 aromatic carbocycles. The first-order chi connectivity index (χ1) is 17.6. The molecule has 7 heteroatoms. The maximum absolute atomic E-state index is 13.0. The molecule has 2 heterocycles. The van der Waals surface area contributed by atoms with Crippen LogP contribution in [0.5, 0.6) is 5.75 Å². The average Bonchev–Trinajstić information content (AvgIpc) is 3.31. The van der Waals surface area contributed by atoms with E-state index in [0.717, 1.165) is 33.9 Å². The van der Waals surface area contributed by atoms with Crippen LogP contribution in [0.25, 0.3) is 16.7 Å². The molecule has 4 aromatic rings. The van der Waals surface area contributed by atoms with Crippen LogP contribution in [0.1, 0.15) is 17.8 Å². The topological polar surface area (TPSA) is 67.7 Å². The highest BCUT2D eigenvalue weighted by Gasteiger charge is 2.24. The number of hydrogen-bond acceptors (Lipinski definition) is 4. The molecule has 1 saturated heterocycles. The summed E-state index contributed by atoms with van der Waals surface area (Å²) in [6, 6.07) is 25.8. The van der Waals surface area contributed by atoms with E-state index in [9.17, 15) is 9.59 Å². The van der Waals surface area contributed by atoms with Gasteiger partial charge in [-0.1, -0.05) is 42.5 Å². The Morgan fingerprint density at radius 2 is 1.53 bits per heavy atom. The van der Waals surface area contributed by atoms with Crippen molar-refractivity contribution < 1.29 is 14.3 Å². The third kappa shape index (κ3) is 5.10. The molecule has 5 rings (SSSR count). The van der Waals surface area contributed by atoms with Crippen molar-refractivity contribution in [2.24, 2.45) is 0 Å². The van der Waals surface area contributed by atoms with E-state index in [1.807, 2.05) is 70.5 Å². The van der Waals surface area contributed by atoms with E-state index in [1.165, 1.54) is 0 Å². The van der Waals surface area contributed by atoms with Gasteiger partial charge in [0.2, 0.25) is 11.8 Å². The highest BCUT2D eigenvalue weighted by atomic mass is 16.5. The first-order valence-corrected chi connectivity index (χ1v) is 12.3. The van der Waals surface area contributed by atoms with E-state index in [1.54, 1.807) is 7.11 Å². The summed E-state index contributed by atoms with van der Waals surface area (Å²) >= 11 is 0. The molecule has 184 valence electrons. The van der Waals surface area contributed by atoms with Crippen LogP contribution in [-0.2, 0) is 22.4 Å². The van der Waals surface area contributed by atoms with E-state index in [0.29, 0.717) is 45.4 Å². The Labute approximate surface area is 210 Å². The molecular weight excluding hydrogens is 452 g/mol. The number of para-hydroxylation sites is 3. The van der Waals surface area contributed by atoms with Gasteiger partial charge in [-0.15, -0.1) is 0 Å². The van der Waals surface area contributed by atoms with Crippen molar-refractivity contribution in [3.05, 3.63) is 90.3 Å². The summed E-state index contributed by atoms with van der Waals surface area (Å²) in [6.07, 6.45) is 1.27. The second kappa shape index (κ2) is 10.6. The van der Waals surface area contributed by atoms with Gasteiger partial charge in [-0.2, -0.15) is 0 Å². The van der Waals surface area contributed by atoms with Crippen molar-refractivity contribution in [1.29, 1.82) is 0 Å². The van der Waals surface area contributed by atoms with Gasteiger partial charge < -0.3 is 14.5 Å². The highest BCUT2D eigenvalue weighted by molar-refractivity contribution is 5.81. The quantitative estimate of drug-likeness (QED) is 0.401. The van der Waals surface area contributed by atoms with Crippen LogP contribution < -0.4 is 4.74 Å². The number of rotatable bonds is 7. The number of hydrogen-bond donors (Lipinski definition) is 0. The van der Waals surface area contributed by atoms with Crippen molar-refractivity contribution in [3.8, 4) is 11.4 Å². The molecule has 0 aliphatic carbocycles. The minimum Gasteiger partial charge on any atom is -0.497 e.